The third-order valence-corrected chi connectivity index (χ3v) is 11.5. The van der Waals surface area contributed by atoms with Gasteiger partial charge in [0.15, 0.2) is 0 Å². The number of aromatic nitrogens is 4. The standard InChI is InChI=1S/C38H30N4Si/c1-43(2)37(33-23-13-21-31(41-33)29-19-9-11-25-39-29)35(27-15-5-3-6-16-27)36(28-17-7-4-8-18-28)38(43)34-24-14-22-32(42-34)30-20-10-12-26-40-30/h3-26H,1-2H3/q-1. The van der Waals surface area contributed by atoms with E-state index in [1.54, 1.807) is 0 Å². The fraction of sp³-hybridized carbons (Fsp3) is 0.0526. The van der Waals surface area contributed by atoms with E-state index in [9.17, 15) is 0 Å². The number of benzene rings is 2. The molecule has 1 aliphatic heterocycles. The monoisotopic (exact) mass is 570 g/mol. The van der Waals surface area contributed by atoms with Gasteiger partial charge in [-0.3, -0.25) is 9.97 Å². The third-order valence-electron chi connectivity index (χ3n) is 7.99. The Hall–Kier alpha value is -5.26. The second-order valence-corrected chi connectivity index (χ2v) is 15.4. The minimum Gasteiger partial charge on any atom is -0.255 e. The molecule has 0 saturated heterocycles. The van der Waals surface area contributed by atoms with Gasteiger partial charge in [0.25, 0.3) is 0 Å². The molecule has 4 nitrogen and oxygen atoms in total. The van der Waals surface area contributed by atoms with Gasteiger partial charge in [0, 0.05) is 23.8 Å². The van der Waals surface area contributed by atoms with Gasteiger partial charge in [0.2, 0.25) is 0 Å². The van der Waals surface area contributed by atoms with Crippen LogP contribution in [0.4, 0.5) is 0 Å². The zero-order chi connectivity index (χ0) is 29.2. The van der Waals surface area contributed by atoms with E-state index in [1.807, 2.05) is 60.9 Å². The van der Waals surface area contributed by atoms with Crippen molar-refractivity contribution in [3.8, 4) is 22.8 Å². The van der Waals surface area contributed by atoms with Crippen LogP contribution in [0.5, 0.6) is 0 Å². The summed E-state index contributed by atoms with van der Waals surface area (Å²) in [6.45, 7) is 4.86. The SMILES string of the molecule is C[Si-]1(C)C(c2cccc(-c3ccccn3)n2)=C(c2ccccc2)C(c2ccccc2)=C1c1cccc(-c2ccccn2)n1. The molecule has 0 spiro atoms. The van der Waals surface area contributed by atoms with Crippen LogP contribution in [0.1, 0.15) is 22.5 Å². The summed E-state index contributed by atoms with van der Waals surface area (Å²) in [6, 6.07) is 46.0. The van der Waals surface area contributed by atoms with Crippen LogP contribution >= 0.6 is 0 Å². The molecule has 0 aliphatic carbocycles. The summed E-state index contributed by atoms with van der Waals surface area (Å²) in [5, 5.41) is 2.60. The molecule has 0 saturated carbocycles. The average Bonchev–Trinajstić information content (AvgIpc) is 3.33. The van der Waals surface area contributed by atoms with Crippen LogP contribution in [0.15, 0.2) is 146 Å². The molecule has 6 aromatic rings. The molecule has 1 aliphatic rings. The van der Waals surface area contributed by atoms with Gasteiger partial charge >= 0.3 is 0 Å². The summed E-state index contributed by atoms with van der Waals surface area (Å²) in [7, 11) is -2.43. The van der Waals surface area contributed by atoms with E-state index in [-0.39, 0.29) is 0 Å². The molecule has 43 heavy (non-hydrogen) atoms. The van der Waals surface area contributed by atoms with Crippen molar-refractivity contribution in [3.63, 3.8) is 0 Å². The predicted molar refractivity (Wildman–Crippen MR) is 179 cm³/mol. The molecule has 0 fully saturated rings. The molecule has 0 bridgehead atoms. The topological polar surface area (TPSA) is 51.6 Å². The van der Waals surface area contributed by atoms with Crippen molar-refractivity contribution in [1.29, 1.82) is 0 Å². The molecule has 0 radical (unpaired) electrons. The highest BCUT2D eigenvalue weighted by Gasteiger charge is 2.35. The molecule has 0 atom stereocenters. The second kappa shape index (κ2) is 11.2. The first-order valence-electron chi connectivity index (χ1n) is 14.5. The Morgan fingerprint density at radius 2 is 0.744 bits per heavy atom. The van der Waals surface area contributed by atoms with Crippen molar-refractivity contribution in [2.75, 3.05) is 0 Å². The Balaban J connectivity index is 1.52. The van der Waals surface area contributed by atoms with Crippen LogP contribution in [-0.2, 0) is 0 Å². The Morgan fingerprint density at radius 3 is 1.14 bits per heavy atom. The number of pyridine rings is 4. The molecular formula is C38H30N4Si-. The van der Waals surface area contributed by atoms with Gasteiger partial charge in [0.1, 0.15) is 0 Å². The van der Waals surface area contributed by atoms with Gasteiger partial charge in [-0.25, -0.2) is 9.97 Å². The van der Waals surface area contributed by atoms with Gasteiger partial charge in [-0.2, -0.15) is 13.1 Å². The molecule has 0 amide bonds. The first-order chi connectivity index (χ1) is 21.1. The first-order valence-corrected chi connectivity index (χ1v) is 17.5. The van der Waals surface area contributed by atoms with Crippen LogP contribution < -0.4 is 0 Å². The highest BCUT2D eigenvalue weighted by atomic mass is 28.3. The van der Waals surface area contributed by atoms with Crippen molar-refractivity contribution >= 4 is 29.6 Å². The number of hydrogen-bond acceptors (Lipinski definition) is 4. The minimum absolute atomic E-state index is 0.866. The van der Waals surface area contributed by atoms with Crippen molar-refractivity contribution in [2.45, 2.75) is 13.1 Å². The van der Waals surface area contributed by atoms with Crippen LogP contribution in [0, 0.1) is 0 Å². The van der Waals surface area contributed by atoms with E-state index in [2.05, 4.69) is 108 Å². The summed E-state index contributed by atoms with van der Waals surface area (Å²) in [5.74, 6) is 0. The van der Waals surface area contributed by atoms with Crippen LogP contribution in [0.25, 0.3) is 44.3 Å². The molecule has 4 aromatic heterocycles. The lowest BCUT2D eigenvalue weighted by atomic mass is 9.90. The summed E-state index contributed by atoms with van der Waals surface area (Å²) < 4.78 is 0. The highest BCUT2D eigenvalue weighted by molar-refractivity contribution is 7.13. The molecular weight excluding hydrogens is 541 g/mol. The van der Waals surface area contributed by atoms with E-state index >= 15 is 0 Å². The lowest BCUT2D eigenvalue weighted by molar-refractivity contribution is 1.22. The number of rotatable bonds is 6. The summed E-state index contributed by atoms with van der Waals surface area (Å²) in [4.78, 5) is 19.8. The normalized spacial score (nSPS) is 14.3. The maximum absolute atomic E-state index is 5.28. The van der Waals surface area contributed by atoms with E-state index in [0.29, 0.717) is 0 Å². The van der Waals surface area contributed by atoms with Gasteiger partial charge in [0.05, 0.1) is 22.8 Å². The number of hydrogen-bond donors (Lipinski definition) is 0. The third kappa shape index (κ3) is 4.94. The number of nitrogens with zero attached hydrogens (tertiary/aromatic N) is 4. The molecule has 5 heteroatoms. The van der Waals surface area contributed by atoms with Gasteiger partial charge in [-0.1, -0.05) is 93.0 Å². The maximum atomic E-state index is 5.28. The Morgan fingerprint density at radius 1 is 0.372 bits per heavy atom. The van der Waals surface area contributed by atoms with E-state index < -0.39 is 8.07 Å². The molecule has 207 valence electrons. The van der Waals surface area contributed by atoms with Crippen molar-refractivity contribution < 1.29 is 0 Å². The molecule has 5 heterocycles. The van der Waals surface area contributed by atoms with Crippen molar-refractivity contribution in [3.05, 3.63) is 168 Å². The molecule has 0 unspecified atom stereocenters. The Bertz CT molecular complexity index is 1820. The van der Waals surface area contributed by atoms with Gasteiger partial charge in [-0.05, 0) is 70.8 Å². The first kappa shape index (κ1) is 26.6. The maximum Gasteiger partial charge on any atom is 0.0892 e. The zero-order valence-electron chi connectivity index (χ0n) is 24.1. The van der Waals surface area contributed by atoms with Crippen LogP contribution in [0.2, 0.25) is 13.1 Å². The van der Waals surface area contributed by atoms with Gasteiger partial charge in [-0.15, -0.1) is 10.4 Å². The largest absolute Gasteiger partial charge is 0.255 e. The lowest BCUT2D eigenvalue weighted by Gasteiger charge is -2.37. The average molecular weight is 571 g/mol. The minimum atomic E-state index is -2.43. The van der Waals surface area contributed by atoms with Gasteiger partial charge < -0.3 is 0 Å². The predicted octanol–water partition coefficient (Wildman–Crippen LogP) is 8.92. The fourth-order valence-electron chi connectivity index (χ4n) is 6.15. The smallest absolute Gasteiger partial charge is 0.0892 e. The zero-order valence-corrected chi connectivity index (χ0v) is 25.1. The second-order valence-electron chi connectivity index (χ2n) is 11.1. The van der Waals surface area contributed by atoms with Crippen LogP contribution in [0.3, 0.4) is 0 Å². The number of allylic oxidation sites excluding steroid dienone is 2. The summed E-state index contributed by atoms with van der Waals surface area (Å²) >= 11 is 0. The van der Waals surface area contributed by atoms with Crippen molar-refractivity contribution in [2.24, 2.45) is 0 Å². The summed E-state index contributed by atoms with van der Waals surface area (Å²) in [6.07, 6.45) is 3.64. The fourth-order valence-corrected chi connectivity index (χ4v) is 9.74. The quantitative estimate of drug-likeness (QED) is 0.188. The molecule has 7 rings (SSSR count). The Labute approximate surface area is 253 Å². The Kier molecular flexibility index (Phi) is 6.93. The van der Waals surface area contributed by atoms with Crippen LogP contribution in [-0.4, -0.2) is 28.0 Å². The van der Waals surface area contributed by atoms with E-state index in [4.69, 9.17) is 9.97 Å². The van der Waals surface area contributed by atoms with E-state index in [0.717, 1.165) is 34.2 Å². The highest BCUT2D eigenvalue weighted by Crippen LogP contribution is 2.55. The lowest BCUT2D eigenvalue weighted by Crippen LogP contribution is -2.29. The van der Waals surface area contributed by atoms with E-state index in [1.165, 1.54) is 32.7 Å². The molecule has 2 aromatic carbocycles. The van der Waals surface area contributed by atoms with Crippen molar-refractivity contribution in [1.82, 2.24) is 19.9 Å². The molecule has 0 N–H and O–H groups in total. The summed E-state index contributed by atoms with van der Waals surface area (Å²) in [5.41, 5.74) is 10.3.